The van der Waals surface area contributed by atoms with Gasteiger partial charge in [0, 0.05) is 49.5 Å². The Labute approximate surface area is 296 Å². The Kier molecular flexibility index (Phi) is 10.8. The number of para-hydroxylation sites is 1. The Morgan fingerprint density at radius 2 is 1.57 bits per heavy atom. The number of carbonyl (C=O) groups is 5. The van der Waals surface area contributed by atoms with Crippen LogP contribution < -0.4 is 16.0 Å². The lowest BCUT2D eigenvalue weighted by Crippen LogP contribution is -2.56. The summed E-state index contributed by atoms with van der Waals surface area (Å²) < 4.78 is 0. The molecule has 5 amide bonds. The fraction of sp³-hybridized carbons (Fsp3) is 0.359. The van der Waals surface area contributed by atoms with Crippen LogP contribution in [-0.4, -0.2) is 93.3 Å². The van der Waals surface area contributed by atoms with Crippen LogP contribution in [0.15, 0.2) is 85.1 Å². The fourth-order valence-corrected chi connectivity index (χ4v) is 7.00. The Balaban J connectivity index is 1.35. The van der Waals surface area contributed by atoms with Gasteiger partial charge in [0.05, 0.1) is 18.7 Å². The van der Waals surface area contributed by atoms with Crippen LogP contribution in [0.4, 0.5) is 0 Å². The van der Waals surface area contributed by atoms with E-state index >= 15 is 0 Å². The predicted molar refractivity (Wildman–Crippen MR) is 191 cm³/mol. The van der Waals surface area contributed by atoms with Gasteiger partial charge in [0.2, 0.25) is 29.5 Å². The lowest BCUT2D eigenvalue weighted by molar-refractivity contribution is -0.142. The number of rotatable bonds is 6. The number of aromatic amines is 1. The number of aryl methyl sites for hydroxylation is 2. The number of aliphatic hydroxyl groups is 1. The molecule has 6 rings (SSSR count). The summed E-state index contributed by atoms with van der Waals surface area (Å²) in [6.45, 7) is 3.01. The first-order valence-electron chi connectivity index (χ1n) is 17.4. The zero-order valence-electron chi connectivity index (χ0n) is 28.8. The van der Waals surface area contributed by atoms with Crippen LogP contribution in [-0.2, 0) is 36.8 Å². The van der Waals surface area contributed by atoms with E-state index in [1.54, 1.807) is 13.1 Å². The first-order valence-corrected chi connectivity index (χ1v) is 17.4. The quantitative estimate of drug-likeness (QED) is 0.208. The van der Waals surface area contributed by atoms with Gasteiger partial charge in [-0.1, -0.05) is 72.8 Å². The van der Waals surface area contributed by atoms with Gasteiger partial charge in [-0.2, -0.15) is 0 Å². The summed E-state index contributed by atoms with van der Waals surface area (Å²) in [5.41, 5.74) is 4.41. The summed E-state index contributed by atoms with van der Waals surface area (Å²) in [7, 11) is 0. The maximum atomic E-state index is 14.3. The molecule has 2 fully saturated rings. The van der Waals surface area contributed by atoms with E-state index in [1.165, 1.54) is 9.80 Å². The molecule has 2 saturated heterocycles. The summed E-state index contributed by atoms with van der Waals surface area (Å²) in [5, 5.41) is 20.1. The van der Waals surface area contributed by atoms with Gasteiger partial charge >= 0.3 is 0 Å². The maximum Gasteiger partial charge on any atom is 0.246 e. The number of aliphatic hydroxyl groups excluding tert-OH is 1. The zero-order chi connectivity index (χ0) is 36.1. The van der Waals surface area contributed by atoms with E-state index in [-0.39, 0.29) is 44.8 Å². The third-order valence-corrected chi connectivity index (χ3v) is 9.83. The summed E-state index contributed by atoms with van der Waals surface area (Å²) in [6.07, 6.45) is 1.46. The van der Waals surface area contributed by atoms with E-state index in [1.807, 2.05) is 85.8 Å². The summed E-state index contributed by atoms with van der Waals surface area (Å²) in [6, 6.07) is 20.6. The molecule has 0 unspecified atom stereocenters. The molecule has 0 radical (unpaired) electrons. The molecular formula is C39H44N6O6. The molecule has 5 N–H and O–H groups in total. The number of fused-ring (bicyclic) bond motifs is 2. The lowest BCUT2D eigenvalue weighted by Gasteiger charge is -2.30. The second-order valence-corrected chi connectivity index (χ2v) is 13.5. The number of nitrogens with zero attached hydrogens (tertiary/aromatic N) is 2. The smallest absolute Gasteiger partial charge is 0.246 e. The van der Waals surface area contributed by atoms with Crippen LogP contribution in [0.1, 0.15) is 48.1 Å². The van der Waals surface area contributed by atoms with E-state index in [0.29, 0.717) is 12.0 Å². The van der Waals surface area contributed by atoms with Crippen molar-refractivity contribution in [2.24, 2.45) is 0 Å². The van der Waals surface area contributed by atoms with Gasteiger partial charge in [0.25, 0.3) is 0 Å². The monoisotopic (exact) mass is 692 g/mol. The molecule has 2 aliphatic rings. The van der Waals surface area contributed by atoms with Gasteiger partial charge in [-0.25, -0.2) is 0 Å². The SMILES string of the molecule is Cc1ccccc1CCC(=O)N1CC(=O)N[C@H](Cc2c[nH]c3ccccc23)C(=O)N2C[C@H](O)C[C@H]2C(=O)N[C@@H](C)C(=O)N[C@H](c2ccccc2)C1. The van der Waals surface area contributed by atoms with Crippen molar-refractivity contribution in [2.45, 2.75) is 69.8 Å². The molecule has 3 aromatic carbocycles. The van der Waals surface area contributed by atoms with Crippen molar-refractivity contribution in [2.75, 3.05) is 19.6 Å². The van der Waals surface area contributed by atoms with Gasteiger partial charge in [0.1, 0.15) is 18.1 Å². The highest BCUT2D eigenvalue weighted by molar-refractivity contribution is 5.96. The van der Waals surface area contributed by atoms with Gasteiger partial charge < -0.3 is 35.8 Å². The lowest BCUT2D eigenvalue weighted by atomic mass is 10.0. The van der Waals surface area contributed by atoms with Crippen LogP contribution in [0.5, 0.6) is 0 Å². The molecule has 4 aromatic rings. The second kappa shape index (κ2) is 15.6. The Bertz CT molecular complexity index is 1910. The topological polar surface area (TPSA) is 164 Å². The van der Waals surface area contributed by atoms with Crippen LogP contribution in [0.25, 0.3) is 10.9 Å². The largest absolute Gasteiger partial charge is 0.391 e. The predicted octanol–water partition coefficient (Wildman–Crippen LogP) is 2.30. The number of H-pyrrole nitrogens is 1. The van der Waals surface area contributed by atoms with E-state index in [4.69, 9.17) is 0 Å². The van der Waals surface area contributed by atoms with Crippen molar-refractivity contribution in [1.29, 1.82) is 0 Å². The first kappa shape index (κ1) is 35.3. The van der Waals surface area contributed by atoms with E-state index < -0.39 is 53.9 Å². The molecule has 0 spiro atoms. The van der Waals surface area contributed by atoms with E-state index in [0.717, 1.165) is 27.6 Å². The van der Waals surface area contributed by atoms with Crippen LogP contribution >= 0.6 is 0 Å². The molecule has 51 heavy (non-hydrogen) atoms. The zero-order valence-corrected chi connectivity index (χ0v) is 28.8. The average Bonchev–Trinajstić information content (AvgIpc) is 3.73. The first-order chi connectivity index (χ1) is 24.6. The number of amides is 5. The van der Waals surface area contributed by atoms with Gasteiger partial charge in [0.15, 0.2) is 0 Å². The van der Waals surface area contributed by atoms with Gasteiger partial charge in [-0.15, -0.1) is 0 Å². The molecule has 5 atom stereocenters. The highest BCUT2D eigenvalue weighted by atomic mass is 16.3. The number of hydrogen-bond acceptors (Lipinski definition) is 6. The molecular weight excluding hydrogens is 648 g/mol. The van der Waals surface area contributed by atoms with Crippen molar-refractivity contribution in [3.8, 4) is 0 Å². The van der Waals surface area contributed by atoms with E-state index in [2.05, 4.69) is 20.9 Å². The summed E-state index contributed by atoms with van der Waals surface area (Å²) in [4.78, 5) is 75.4. The standard InChI is InChI=1S/C39H44N6O6/c1-24-10-6-7-11-26(24)16-17-36(48)44-22-33(27-12-4-3-5-13-27)43-37(49)25(2)41-38(50)34-19-29(46)21-45(34)39(51)32(42-35(47)23-44)18-28-20-40-31-15-9-8-14-30(28)31/h3-15,20,25,29,32-34,40,46H,16-19,21-23H2,1-2H3,(H,41,50)(H,42,47)(H,43,49)/t25-,29+,32+,33-,34-/m0/s1. The van der Waals surface area contributed by atoms with Gasteiger partial charge in [-0.05, 0) is 48.6 Å². The minimum atomic E-state index is -1.12. The Morgan fingerprint density at radius 1 is 0.843 bits per heavy atom. The molecule has 3 heterocycles. The molecule has 0 bridgehead atoms. The van der Waals surface area contributed by atoms with Crippen LogP contribution in [0, 0.1) is 6.92 Å². The van der Waals surface area contributed by atoms with Crippen molar-refractivity contribution < 1.29 is 29.1 Å². The number of carbonyl (C=O) groups excluding carboxylic acids is 5. The molecule has 0 saturated carbocycles. The summed E-state index contributed by atoms with van der Waals surface area (Å²) >= 11 is 0. The highest BCUT2D eigenvalue weighted by Crippen LogP contribution is 2.24. The van der Waals surface area contributed by atoms with Gasteiger partial charge in [-0.3, -0.25) is 24.0 Å². The fourth-order valence-electron chi connectivity index (χ4n) is 7.00. The third kappa shape index (κ3) is 8.29. The Hall–Kier alpha value is -5.49. The number of hydrogen-bond donors (Lipinski definition) is 5. The molecule has 266 valence electrons. The van der Waals surface area contributed by atoms with Crippen LogP contribution in [0.2, 0.25) is 0 Å². The third-order valence-electron chi connectivity index (χ3n) is 9.83. The highest BCUT2D eigenvalue weighted by Gasteiger charge is 2.42. The van der Waals surface area contributed by atoms with Crippen molar-refractivity contribution in [3.05, 3.63) is 107 Å². The van der Waals surface area contributed by atoms with Crippen molar-refractivity contribution in [1.82, 2.24) is 30.7 Å². The summed E-state index contributed by atoms with van der Waals surface area (Å²) in [5.74, 6) is -2.50. The minimum absolute atomic E-state index is 0.0184. The molecule has 12 heteroatoms. The molecule has 1 aromatic heterocycles. The average molecular weight is 693 g/mol. The maximum absolute atomic E-state index is 14.3. The molecule has 2 aliphatic heterocycles. The number of benzene rings is 3. The van der Waals surface area contributed by atoms with Crippen LogP contribution in [0.3, 0.4) is 0 Å². The van der Waals surface area contributed by atoms with Crippen molar-refractivity contribution in [3.63, 3.8) is 0 Å². The Morgan fingerprint density at radius 3 is 2.35 bits per heavy atom. The molecule has 0 aliphatic carbocycles. The number of nitrogens with one attached hydrogen (secondary N) is 4. The molecule has 12 nitrogen and oxygen atoms in total. The normalized spacial score (nSPS) is 23.5. The minimum Gasteiger partial charge on any atom is -0.391 e. The van der Waals surface area contributed by atoms with E-state index in [9.17, 15) is 29.1 Å². The second-order valence-electron chi connectivity index (χ2n) is 13.5. The number of aromatic nitrogens is 1. The van der Waals surface area contributed by atoms with Crippen molar-refractivity contribution >= 4 is 40.4 Å².